The maximum Gasteiger partial charge on any atom is 0.160 e. The lowest BCUT2D eigenvalue weighted by Gasteiger charge is -2.17. The molecule has 1 aromatic heterocycles. The third-order valence-corrected chi connectivity index (χ3v) is 3.56. The smallest absolute Gasteiger partial charge is 0.160 e. The van der Waals surface area contributed by atoms with E-state index in [1.54, 1.807) is 20.5 Å². The van der Waals surface area contributed by atoms with Crippen molar-refractivity contribution in [3.05, 3.63) is 47.4 Å². The minimum atomic E-state index is 0.156. The Kier molecular flexibility index (Phi) is 5.28. The maximum atomic E-state index is 5.63. The minimum Gasteiger partial charge on any atom is -0.493 e. The summed E-state index contributed by atoms with van der Waals surface area (Å²) in [5, 5.41) is 3.47. The molecular weight excluding hydrogens is 266 g/mol. The number of benzene rings is 1. The Bertz CT molecular complexity index is 577. The van der Waals surface area contributed by atoms with Crippen molar-refractivity contribution in [2.75, 3.05) is 20.8 Å². The summed E-state index contributed by atoms with van der Waals surface area (Å²) >= 11 is 0. The average Bonchev–Trinajstić information content (AvgIpc) is 2.92. The summed E-state index contributed by atoms with van der Waals surface area (Å²) in [6.45, 7) is 5.05. The maximum absolute atomic E-state index is 5.63. The third-order valence-electron chi connectivity index (χ3n) is 3.56. The van der Waals surface area contributed by atoms with E-state index in [-0.39, 0.29) is 6.04 Å². The van der Waals surface area contributed by atoms with Crippen molar-refractivity contribution in [3.8, 4) is 11.5 Å². The number of likely N-dealkylation sites (N-methyl/N-ethyl adjacent to an activating group) is 1. The van der Waals surface area contributed by atoms with Crippen LogP contribution in [-0.2, 0) is 6.42 Å². The zero-order chi connectivity index (χ0) is 15.2. The van der Waals surface area contributed by atoms with E-state index < -0.39 is 0 Å². The third kappa shape index (κ3) is 3.58. The van der Waals surface area contributed by atoms with Crippen LogP contribution in [0.5, 0.6) is 11.5 Å². The average molecular weight is 289 g/mol. The molecule has 4 nitrogen and oxygen atoms in total. The lowest BCUT2D eigenvalue weighted by atomic mass is 10.0. The van der Waals surface area contributed by atoms with Crippen LogP contribution in [-0.4, -0.2) is 20.8 Å². The molecule has 0 saturated heterocycles. The Hall–Kier alpha value is -1.94. The van der Waals surface area contributed by atoms with Crippen LogP contribution >= 0.6 is 0 Å². The van der Waals surface area contributed by atoms with Crippen LogP contribution in [0.4, 0.5) is 0 Å². The molecule has 0 spiro atoms. The largest absolute Gasteiger partial charge is 0.493 e. The fourth-order valence-corrected chi connectivity index (χ4v) is 2.49. The van der Waals surface area contributed by atoms with Gasteiger partial charge in [0.1, 0.15) is 5.76 Å². The van der Waals surface area contributed by atoms with Gasteiger partial charge < -0.3 is 19.2 Å². The Morgan fingerprint density at radius 3 is 2.48 bits per heavy atom. The topological polar surface area (TPSA) is 43.6 Å². The molecule has 0 amide bonds. The highest BCUT2D eigenvalue weighted by molar-refractivity contribution is 5.43. The Morgan fingerprint density at radius 2 is 1.90 bits per heavy atom. The van der Waals surface area contributed by atoms with Gasteiger partial charge in [-0.25, -0.2) is 0 Å². The summed E-state index contributed by atoms with van der Waals surface area (Å²) in [5.74, 6) is 2.49. The first kappa shape index (κ1) is 15.4. The zero-order valence-corrected chi connectivity index (χ0v) is 13.1. The number of nitrogens with one attached hydrogen (secondary N) is 1. The van der Waals surface area contributed by atoms with Gasteiger partial charge in [0.25, 0.3) is 0 Å². The van der Waals surface area contributed by atoms with E-state index in [0.717, 1.165) is 30.2 Å². The summed E-state index contributed by atoms with van der Waals surface area (Å²) in [7, 11) is 3.30. The summed E-state index contributed by atoms with van der Waals surface area (Å²) < 4.78 is 16.3. The molecule has 1 atom stereocenters. The standard InChI is InChI=1S/C17H23NO3/c1-5-18-14(17-12(2)8-9-21-17)10-13-6-7-15(19-3)16(11-13)20-4/h6-9,11,14,18H,5,10H2,1-4H3. The molecule has 4 heteroatoms. The van der Waals surface area contributed by atoms with Crippen LogP contribution in [0.3, 0.4) is 0 Å². The van der Waals surface area contributed by atoms with Gasteiger partial charge >= 0.3 is 0 Å². The van der Waals surface area contributed by atoms with Gasteiger partial charge in [0.15, 0.2) is 11.5 Å². The fourth-order valence-electron chi connectivity index (χ4n) is 2.49. The van der Waals surface area contributed by atoms with Crippen molar-refractivity contribution >= 4 is 0 Å². The molecule has 114 valence electrons. The predicted molar refractivity (Wildman–Crippen MR) is 83.1 cm³/mol. The molecule has 2 aromatic rings. The van der Waals surface area contributed by atoms with E-state index in [4.69, 9.17) is 13.9 Å². The SMILES string of the molecule is CCNC(Cc1ccc(OC)c(OC)c1)c1occc1C. The summed E-state index contributed by atoms with van der Waals surface area (Å²) in [5.41, 5.74) is 2.34. The van der Waals surface area contributed by atoms with Crippen LogP contribution in [0.25, 0.3) is 0 Å². The van der Waals surface area contributed by atoms with Gasteiger partial charge in [0.05, 0.1) is 26.5 Å². The summed E-state index contributed by atoms with van der Waals surface area (Å²) in [6.07, 6.45) is 2.58. The van der Waals surface area contributed by atoms with Gasteiger partial charge in [-0.05, 0) is 49.2 Å². The molecule has 1 heterocycles. The fraction of sp³-hybridized carbons (Fsp3) is 0.412. The first-order valence-electron chi connectivity index (χ1n) is 7.17. The van der Waals surface area contributed by atoms with E-state index in [1.165, 1.54) is 11.1 Å². The second-order valence-electron chi connectivity index (χ2n) is 4.97. The number of rotatable bonds is 7. The first-order valence-corrected chi connectivity index (χ1v) is 7.17. The molecule has 1 unspecified atom stereocenters. The van der Waals surface area contributed by atoms with Gasteiger partial charge in [-0.3, -0.25) is 0 Å². The quantitative estimate of drug-likeness (QED) is 0.847. The molecule has 1 aromatic carbocycles. The highest BCUT2D eigenvalue weighted by atomic mass is 16.5. The zero-order valence-electron chi connectivity index (χ0n) is 13.1. The van der Waals surface area contributed by atoms with Crippen LogP contribution < -0.4 is 14.8 Å². The van der Waals surface area contributed by atoms with Gasteiger partial charge in [-0.2, -0.15) is 0 Å². The number of methoxy groups -OCH3 is 2. The van der Waals surface area contributed by atoms with Crippen LogP contribution in [0, 0.1) is 6.92 Å². The Labute approximate surface area is 126 Å². The van der Waals surface area contributed by atoms with Crippen LogP contribution in [0.1, 0.15) is 29.9 Å². The first-order chi connectivity index (χ1) is 10.2. The number of ether oxygens (including phenoxy) is 2. The lowest BCUT2D eigenvalue weighted by molar-refractivity contribution is 0.354. The normalized spacial score (nSPS) is 12.2. The van der Waals surface area contributed by atoms with Crippen molar-refractivity contribution in [1.29, 1.82) is 0 Å². The molecular formula is C17H23NO3. The van der Waals surface area contributed by atoms with Crippen LogP contribution in [0.2, 0.25) is 0 Å². The monoisotopic (exact) mass is 289 g/mol. The Balaban J connectivity index is 2.23. The van der Waals surface area contributed by atoms with E-state index in [9.17, 15) is 0 Å². The molecule has 0 saturated carbocycles. The molecule has 0 aliphatic heterocycles. The van der Waals surface area contributed by atoms with Gasteiger partial charge in [-0.1, -0.05) is 13.0 Å². The van der Waals surface area contributed by atoms with E-state index in [0.29, 0.717) is 0 Å². The highest BCUT2D eigenvalue weighted by Gasteiger charge is 2.17. The number of furan rings is 1. The van der Waals surface area contributed by atoms with E-state index >= 15 is 0 Å². The summed E-state index contributed by atoms with van der Waals surface area (Å²) in [6, 6.07) is 8.16. The predicted octanol–water partition coefficient (Wildman–Crippen LogP) is 3.50. The number of hydrogen-bond acceptors (Lipinski definition) is 4. The van der Waals surface area contributed by atoms with Gasteiger partial charge in [-0.15, -0.1) is 0 Å². The van der Waals surface area contributed by atoms with Crippen molar-refractivity contribution < 1.29 is 13.9 Å². The summed E-state index contributed by atoms with van der Waals surface area (Å²) in [4.78, 5) is 0. The molecule has 0 aliphatic rings. The minimum absolute atomic E-state index is 0.156. The second kappa shape index (κ2) is 7.18. The van der Waals surface area contributed by atoms with E-state index in [1.807, 2.05) is 18.2 Å². The molecule has 0 bridgehead atoms. The molecule has 1 N–H and O–H groups in total. The highest BCUT2D eigenvalue weighted by Crippen LogP contribution is 2.30. The molecule has 0 aliphatic carbocycles. The van der Waals surface area contributed by atoms with Crippen molar-refractivity contribution in [2.24, 2.45) is 0 Å². The van der Waals surface area contributed by atoms with Crippen molar-refractivity contribution in [1.82, 2.24) is 5.32 Å². The van der Waals surface area contributed by atoms with Crippen molar-refractivity contribution in [2.45, 2.75) is 26.3 Å². The number of hydrogen-bond donors (Lipinski definition) is 1. The molecule has 0 radical (unpaired) electrons. The molecule has 2 rings (SSSR count). The van der Waals surface area contributed by atoms with Gasteiger partial charge in [0, 0.05) is 0 Å². The van der Waals surface area contributed by atoms with E-state index in [2.05, 4.69) is 25.2 Å². The molecule has 21 heavy (non-hydrogen) atoms. The number of aryl methyl sites for hydroxylation is 1. The van der Waals surface area contributed by atoms with Crippen LogP contribution in [0.15, 0.2) is 34.9 Å². The molecule has 0 fully saturated rings. The van der Waals surface area contributed by atoms with Crippen molar-refractivity contribution in [3.63, 3.8) is 0 Å². The lowest BCUT2D eigenvalue weighted by Crippen LogP contribution is -2.23. The van der Waals surface area contributed by atoms with Gasteiger partial charge in [0.2, 0.25) is 0 Å². The Morgan fingerprint density at radius 1 is 1.14 bits per heavy atom. The second-order valence-corrected chi connectivity index (χ2v) is 4.97.